The summed E-state index contributed by atoms with van der Waals surface area (Å²) in [5, 5.41) is 3.40. The largest absolute Gasteiger partial charge is 0.357 e. The number of carbonyl (C=O) groups excluding carboxylic acids is 2. The van der Waals surface area contributed by atoms with Crippen molar-refractivity contribution >= 4 is 45.0 Å². The minimum Gasteiger partial charge on any atom is -0.357 e. The molecular formula is C23H29Cl2N3O4S. The number of sulfonamides is 1. The van der Waals surface area contributed by atoms with Crippen molar-refractivity contribution in [3.8, 4) is 0 Å². The molecule has 33 heavy (non-hydrogen) atoms. The van der Waals surface area contributed by atoms with Gasteiger partial charge in [-0.3, -0.25) is 9.59 Å². The molecule has 0 fully saturated rings. The van der Waals surface area contributed by atoms with E-state index in [0.717, 1.165) is 0 Å². The van der Waals surface area contributed by atoms with Gasteiger partial charge in [-0.25, -0.2) is 12.7 Å². The highest BCUT2D eigenvalue weighted by Crippen LogP contribution is 2.27. The Balaban J connectivity index is 2.15. The van der Waals surface area contributed by atoms with Gasteiger partial charge in [0.2, 0.25) is 21.8 Å². The van der Waals surface area contributed by atoms with E-state index >= 15 is 0 Å². The molecule has 0 bridgehead atoms. The molecule has 0 heterocycles. The lowest BCUT2D eigenvalue weighted by atomic mass is 10.1. The third-order valence-electron chi connectivity index (χ3n) is 5.34. The van der Waals surface area contributed by atoms with E-state index in [1.807, 2.05) is 6.92 Å². The van der Waals surface area contributed by atoms with Crippen molar-refractivity contribution in [3.63, 3.8) is 0 Å². The van der Waals surface area contributed by atoms with Gasteiger partial charge in [0.25, 0.3) is 0 Å². The first-order valence-corrected chi connectivity index (χ1v) is 12.8. The van der Waals surface area contributed by atoms with Crippen LogP contribution in [0.5, 0.6) is 0 Å². The van der Waals surface area contributed by atoms with E-state index in [1.165, 1.54) is 35.4 Å². The van der Waals surface area contributed by atoms with Crippen molar-refractivity contribution in [2.75, 3.05) is 20.6 Å². The normalized spacial score (nSPS) is 12.4. The van der Waals surface area contributed by atoms with Gasteiger partial charge in [-0.2, -0.15) is 0 Å². The third kappa shape index (κ3) is 6.93. The molecule has 0 radical (unpaired) electrons. The van der Waals surface area contributed by atoms with Crippen molar-refractivity contribution in [3.05, 3.63) is 64.1 Å². The topological polar surface area (TPSA) is 86.8 Å². The maximum atomic E-state index is 13.2. The van der Waals surface area contributed by atoms with Gasteiger partial charge in [-0.05, 0) is 37.1 Å². The summed E-state index contributed by atoms with van der Waals surface area (Å²) in [5.74, 6) is -0.579. The van der Waals surface area contributed by atoms with Crippen LogP contribution in [0.4, 0.5) is 0 Å². The molecule has 1 atom stereocenters. The lowest BCUT2D eigenvalue weighted by Crippen LogP contribution is -2.48. The van der Waals surface area contributed by atoms with E-state index in [1.54, 1.807) is 36.4 Å². The monoisotopic (exact) mass is 513 g/mol. The second kappa shape index (κ2) is 12.4. The second-order valence-electron chi connectivity index (χ2n) is 7.50. The fourth-order valence-corrected chi connectivity index (χ4v) is 5.18. The van der Waals surface area contributed by atoms with E-state index in [-0.39, 0.29) is 36.2 Å². The molecule has 0 aliphatic carbocycles. The number of benzene rings is 2. The third-order valence-corrected chi connectivity index (χ3v) is 7.92. The molecule has 180 valence electrons. The average molecular weight is 514 g/mol. The quantitative estimate of drug-likeness (QED) is 0.492. The minimum atomic E-state index is -3.65. The smallest absolute Gasteiger partial charge is 0.242 e. The van der Waals surface area contributed by atoms with Gasteiger partial charge in [-0.15, -0.1) is 0 Å². The molecule has 2 aromatic carbocycles. The predicted molar refractivity (Wildman–Crippen MR) is 131 cm³/mol. The number of halogens is 2. The number of likely N-dealkylation sites (N-methyl/N-ethyl adjacent to an activating group) is 1. The van der Waals surface area contributed by atoms with Crippen LogP contribution in [0.25, 0.3) is 0 Å². The standard InChI is InChI=1S/C23H29Cl2N3O4S/c1-4-21(23(30)26-2)28(16-18-19(24)12-8-13-20(18)25)22(29)14-9-15-27(3)33(31,32)17-10-6-5-7-11-17/h5-8,10-13,21H,4,9,14-16H2,1-3H3,(H,26,30)/t21-/m1/s1. The number of nitrogens with one attached hydrogen (secondary N) is 1. The Hall–Kier alpha value is -2.13. The first-order chi connectivity index (χ1) is 15.6. The maximum Gasteiger partial charge on any atom is 0.242 e. The number of nitrogens with zero attached hydrogens (tertiary/aromatic N) is 2. The molecule has 7 nitrogen and oxygen atoms in total. The molecule has 0 saturated carbocycles. The van der Waals surface area contributed by atoms with Crippen molar-refractivity contribution < 1.29 is 18.0 Å². The summed E-state index contributed by atoms with van der Waals surface area (Å²) in [6.45, 7) is 2.04. The summed E-state index contributed by atoms with van der Waals surface area (Å²) >= 11 is 12.6. The van der Waals surface area contributed by atoms with E-state index in [0.29, 0.717) is 28.5 Å². The molecule has 0 aliphatic rings. The van der Waals surface area contributed by atoms with E-state index in [2.05, 4.69) is 5.32 Å². The molecule has 2 amide bonds. The average Bonchev–Trinajstić information content (AvgIpc) is 2.80. The zero-order valence-electron chi connectivity index (χ0n) is 18.9. The fourth-order valence-electron chi connectivity index (χ4n) is 3.43. The molecule has 0 spiro atoms. The highest BCUT2D eigenvalue weighted by atomic mass is 35.5. The number of hydrogen-bond donors (Lipinski definition) is 1. The van der Waals surface area contributed by atoms with Gasteiger partial charge in [0.1, 0.15) is 6.04 Å². The van der Waals surface area contributed by atoms with Gasteiger partial charge < -0.3 is 10.2 Å². The summed E-state index contributed by atoms with van der Waals surface area (Å²) in [4.78, 5) is 27.3. The number of carbonyl (C=O) groups is 2. The van der Waals surface area contributed by atoms with Gasteiger partial charge in [0.15, 0.2) is 0 Å². The van der Waals surface area contributed by atoms with Crippen LogP contribution < -0.4 is 5.32 Å². The van der Waals surface area contributed by atoms with E-state index < -0.39 is 16.1 Å². The van der Waals surface area contributed by atoms with Gasteiger partial charge in [0, 0.05) is 49.2 Å². The van der Waals surface area contributed by atoms with Crippen LogP contribution in [-0.4, -0.2) is 56.1 Å². The van der Waals surface area contributed by atoms with Gasteiger partial charge in [0.05, 0.1) is 4.90 Å². The Morgan fingerprint density at radius 2 is 1.64 bits per heavy atom. The van der Waals surface area contributed by atoms with Crippen LogP contribution >= 0.6 is 23.2 Å². The van der Waals surface area contributed by atoms with Crippen LogP contribution in [0.3, 0.4) is 0 Å². The lowest BCUT2D eigenvalue weighted by Gasteiger charge is -2.31. The molecular weight excluding hydrogens is 485 g/mol. The molecule has 10 heteroatoms. The Bertz CT molecular complexity index is 1040. The van der Waals surface area contributed by atoms with Gasteiger partial charge in [-0.1, -0.05) is 54.4 Å². The highest BCUT2D eigenvalue weighted by molar-refractivity contribution is 7.89. The number of hydrogen-bond acceptors (Lipinski definition) is 4. The van der Waals surface area contributed by atoms with Crippen molar-refractivity contribution in [1.82, 2.24) is 14.5 Å². The summed E-state index contributed by atoms with van der Waals surface area (Å²) in [7, 11) is -0.653. The van der Waals surface area contributed by atoms with E-state index in [4.69, 9.17) is 23.2 Å². The Labute approximate surface area is 205 Å². The Morgan fingerprint density at radius 1 is 1.03 bits per heavy atom. The van der Waals surface area contributed by atoms with E-state index in [9.17, 15) is 18.0 Å². The van der Waals surface area contributed by atoms with Crippen molar-refractivity contribution in [2.24, 2.45) is 0 Å². The van der Waals surface area contributed by atoms with Crippen LogP contribution in [0, 0.1) is 0 Å². The number of rotatable bonds is 11. The molecule has 1 N–H and O–H groups in total. The lowest BCUT2D eigenvalue weighted by molar-refractivity contribution is -0.141. The maximum absolute atomic E-state index is 13.2. The zero-order chi connectivity index (χ0) is 24.6. The highest BCUT2D eigenvalue weighted by Gasteiger charge is 2.29. The minimum absolute atomic E-state index is 0.0597. The van der Waals surface area contributed by atoms with Crippen LogP contribution in [-0.2, 0) is 26.2 Å². The molecule has 0 saturated heterocycles. The number of amides is 2. The van der Waals surface area contributed by atoms with Crippen molar-refractivity contribution in [2.45, 2.75) is 43.7 Å². The molecule has 2 rings (SSSR count). The molecule has 0 unspecified atom stereocenters. The predicted octanol–water partition coefficient (Wildman–Crippen LogP) is 3.95. The molecule has 0 aromatic heterocycles. The second-order valence-corrected chi connectivity index (χ2v) is 10.4. The summed E-state index contributed by atoms with van der Waals surface area (Å²) < 4.78 is 26.6. The fraction of sp³-hybridized carbons (Fsp3) is 0.391. The first-order valence-electron chi connectivity index (χ1n) is 10.6. The summed E-state index contributed by atoms with van der Waals surface area (Å²) in [6, 6.07) is 12.5. The molecule has 0 aliphatic heterocycles. The summed E-state index contributed by atoms with van der Waals surface area (Å²) in [6.07, 6.45) is 0.748. The Morgan fingerprint density at radius 3 is 2.18 bits per heavy atom. The first kappa shape index (κ1) is 27.1. The van der Waals surface area contributed by atoms with Gasteiger partial charge >= 0.3 is 0 Å². The van der Waals surface area contributed by atoms with Crippen LogP contribution in [0.1, 0.15) is 31.7 Å². The molecule has 2 aromatic rings. The SMILES string of the molecule is CC[C@H](C(=O)NC)N(Cc1c(Cl)cccc1Cl)C(=O)CCCN(C)S(=O)(=O)c1ccccc1. The van der Waals surface area contributed by atoms with Crippen molar-refractivity contribution in [1.29, 1.82) is 0 Å². The zero-order valence-corrected chi connectivity index (χ0v) is 21.3. The van der Waals surface area contributed by atoms with Crippen LogP contribution in [0.15, 0.2) is 53.4 Å². The van der Waals surface area contributed by atoms with Crippen LogP contribution in [0.2, 0.25) is 10.0 Å². The summed E-state index contributed by atoms with van der Waals surface area (Å²) in [5.41, 5.74) is 0.556. The Kier molecular flexibility index (Phi) is 10.2.